The van der Waals surface area contributed by atoms with Crippen LogP contribution in [0.2, 0.25) is 0 Å². The lowest BCUT2D eigenvalue weighted by molar-refractivity contribution is -0.144. The van der Waals surface area contributed by atoms with Gasteiger partial charge in [0.25, 0.3) is 0 Å². The van der Waals surface area contributed by atoms with Crippen LogP contribution in [0, 0.1) is 0 Å². The summed E-state index contributed by atoms with van der Waals surface area (Å²) >= 11 is 0. The van der Waals surface area contributed by atoms with Gasteiger partial charge < -0.3 is 4.74 Å². The summed E-state index contributed by atoms with van der Waals surface area (Å²) in [6.45, 7) is 3.52. The summed E-state index contributed by atoms with van der Waals surface area (Å²) in [6.07, 6.45) is 1.67. The molecule has 3 nitrogen and oxygen atoms in total. The van der Waals surface area contributed by atoms with E-state index >= 15 is 0 Å². The fraction of sp³-hybridized carbons (Fsp3) is 0.286. The summed E-state index contributed by atoms with van der Waals surface area (Å²) in [4.78, 5) is 21.8. The molecule has 17 heavy (non-hydrogen) atoms. The second kappa shape index (κ2) is 6.63. The van der Waals surface area contributed by atoms with Crippen LogP contribution in [0.3, 0.4) is 0 Å². The minimum atomic E-state index is -0.477. The first kappa shape index (κ1) is 13.2. The van der Waals surface area contributed by atoms with Crippen molar-refractivity contribution < 1.29 is 14.3 Å². The highest BCUT2D eigenvalue weighted by molar-refractivity contribution is 5.94. The Kier molecular flexibility index (Phi) is 5.14. The van der Waals surface area contributed by atoms with Crippen molar-refractivity contribution in [2.45, 2.75) is 20.3 Å². The minimum Gasteiger partial charge on any atom is -0.461 e. The zero-order valence-corrected chi connectivity index (χ0v) is 10.1. The number of benzene rings is 1. The number of rotatable bonds is 5. The third-order valence-corrected chi connectivity index (χ3v) is 2.26. The quantitative estimate of drug-likeness (QED) is 0.579. The highest BCUT2D eigenvalue weighted by Crippen LogP contribution is 2.12. The summed E-state index contributed by atoms with van der Waals surface area (Å²) in [5.74, 6) is -0.659. The van der Waals surface area contributed by atoms with E-state index in [9.17, 15) is 9.59 Å². The molecule has 0 atom stereocenters. The van der Waals surface area contributed by atoms with Crippen LogP contribution in [-0.2, 0) is 14.3 Å². The predicted molar refractivity (Wildman–Crippen MR) is 66.4 cm³/mol. The number of ketones is 1. The minimum absolute atomic E-state index is 0.155. The molecule has 0 aliphatic heterocycles. The van der Waals surface area contributed by atoms with Gasteiger partial charge in [-0.25, -0.2) is 0 Å². The molecule has 0 saturated carbocycles. The van der Waals surface area contributed by atoms with Crippen molar-refractivity contribution in [3.63, 3.8) is 0 Å². The summed E-state index contributed by atoms with van der Waals surface area (Å²) in [7, 11) is 0. The van der Waals surface area contributed by atoms with Crippen molar-refractivity contribution in [3.8, 4) is 0 Å². The topological polar surface area (TPSA) is 43.4 Å². The lowest BCUT2D eigenvalue weighted by Gasteiger charge is -2.03. The maximum absolute atomic E-state index is 11.1. The molecular formula is C14H16O3. The Balaban J connectivity index is 2.44. The lowest BCUT2D eigenvalue weighted by Crippen LogP contribution is -2.08. The molecule has 0 heterocycles. The Hall–Kier alpha value is -1.90. The van der Waals surface area contributed by atoms with Gasteiger partial charge >= 0.3 is 5.97 Å². The van der Waals surface area contributed by atoms with Crippen molar-refractivity contribution in [3.05, 3.63) is 42.0 Å². The number of esters is 1. The van der Waals surface area contributed by atoms with E-state index in [1.54, 1.807) is 0 Å². The fourth-order valence-electron chi connectivity index (χ4n) is 1.33. The molecule has 0 amide bonds. The second-order valence-electron chi connectivity index (χ2n) is 3.81. The lowest BCUT2D eigenvalue weighted by atomic mass is 10.1. The third-order valence-electron chi connectivity index (χ3n) is 2.26. The van der Waals surface area contributed by atoms with E-state index in [0.29, 0.717) is 0 Å². The maximum atomic E-state index is 11.1. The fourth-order valence-corrected chi connectivity index (χ4v) is 1.33. The molecule has 0 bridgehead atoms. The van der Waals surface area contributed by atoms with Gasteiger partial charge in [-0.05, 0) is 31.1 Å². The maximum Gasteiger partial charge on any atom is 0.313 e. The molecule has 90 valence electrons. The van der Waals surface area contributed by atoms with Gasteiger partial charge in [-0.1, -0.05) is 30.3 Å². The van der Waals surface area contributed by atoms with Gasteiger partial charge in [0.05, 0.1) is 0 Å². The first-order chi connectivity index (χ1) is 8.09. The van der Waals surface area contributed by atoms with Crippen LogP contribution in [0.25, 0.3) is 5.57 Å². The van der Waals surface area contributed by atoms with Crippen molar-refractivity contribution in [2.24, 2.45) is 0 Å². The number of hydrogen-bond acceptors (Lipinski definition) is 3. The summed E-state index contributed by atoms with van der Waals surface area (Å²) < 4.78 is 4.91. The SMILES string of the molecule is CC(=O)CC(=O)OC/C=C(\C)c1ccccc1. The molecule has 0 spiro atoms. The van der Waals surface area contributed by atoms with Gasteiger partial charge in [0.15, 0.2) is 0 Å². The third kappa shape index (κ3) is 5.11. The average molecular weight is 232 g/mol. The van der Waals surface area contributed by atoms with Gasteiger partial charge in [0.2, 0.25) is 0 Å². The summed E-state index contributed by atoms with van der Waals surface area (Å²) in [5, 5.41) is 0. The highest BCUT2D eigenvalue weighted by Gasteiger charge is 2.04. The Morgan fingerprint density at radius 1 is 1.18 bits per heavy atom. The molecule has 0 aliphatic carbocycles. The van der Waals surface area contributed by atoms with Crippen LogP contribution in [0.5, 0.6) is 0 Å². The largest absolute Gasteiger partial charge is 0.461 e. The van der Waals surface area contributed by atoms with Crippen molar-refractivity contribution in [2.75, 3.05) is 6.61 Å². The van der Waals surface area contributed by atoms with Gasteiger partial charge in [-0.2, -0.15) is 0 Å². The zero-order valence-electron chi connectivity index (χ0n) is 10.1. The molecule has 0 radical (unpaired) electrons. The summed E-state index contributed by atoms with van der Waals surface area (Å²) in [5.41, 5.74) is 2.14. The Morgan fingerprint density at radius 3 is 2.41 bits per heavy atom. The van der Waals surface area contributed by atoms with E-state index in [1.165, 1.54) is 6.92 Å². The molecule has 3 heteroatoms. The van der Waals surface area contributed by atoms with E-state index < -0.39 is 5.97 Å². The number of Topliss-reactive ketones (excluding diaryl/α,β-unsaturated/α-hetero) is 1. The Bertz CT molecular complexity index is 418. The first-order valence-electron chi connectivity index (χ1n) is 5.47. The molecule has 0 aliphatic rings. The van der Waals surface area contributed by atoms with Crippen LogP contribution in [0.15, 0.2) is 36.4 Å². The van der Waals surface area contributed by atoms with Crippen LogP contribution < -0.4 is 0 Å². The molecule has 1 aromatic carbocycles. The van der Waals surface area contributed by atoms with Gasteiger partial charge in [-0.15, -0.1) is 0 Å². The van der Waals surface area contributed by atoms with Crippen molar-refractivity contribution in [1.29, 1.82) is 0 Å². The Labute approximate surface area is 101 Å². The second-order valence-corrected chi connectivity index (χ2v) is 3.81. The van der Waals surface area contributed by atoms with Gasteiger partial charge in [0.1, 0.15) is 18.8 Å². The van der Waals surface area contributed by atoms with E-state index in [-0.39, 0.29) is 18.8 Å². The van der Waals surface area contributed by atoms with Crippen LogP contribution in [0.4, 0.5) is 0 Å². The summed E-state index contributed by atoms with van der Waals surface area (Å²) in [6, 6.07) is 9.83. The predicted octanol–water partition coefficient (Wildman–Crippen LogP) is 2.61. The van der Waals surface area contributed by atoms with Crippen molar-refractivity contribution in [1.82, 2.24) is 0 Å². The molecule has 1 aromatic rings. The highest BCUT2D eigenvalue weighted by atomic mass is 16.5. The standard InChI is InChI=1S/C14H16O3/c1-11(13-6-4-3-5-7-13)8-9-17-14(16)10-12(2)15/h3-8H,9-10H2,1-2H3/b11-8+. The molecule has 0 fully saturated rings. The van der Waals surface area contributed by atoms with Crippen LogP contribution in [-0.4, -0.2) is 18.4 Å². The molecule has 0 N–H and O–H groups in total. The number of allylic oxidation sites excluding steroid dienone is 1. The van der Waals surface area contributed by atoms with E-state index in [4.69, 9.17) is 4.74 Å². The monoisotopic (exact) mass is 232 g/mol. The zero-order chi connectivity index (χ0) is 12.7. The first-order valence-corrected chi connectivity index (χ1v) is 5.47. The Morgan fingerprint density at radius 2 is 1.82 bits per heavy atom. The number of ether oxygens (including phenoxy) is 1. The molecule has 1 rings (SSSR count). The van der Waals surface area contributed by atoms with Gasteiger partial charge in [-0.3, -0.25) is 9.59 Å². The van der Waals surface area contributed by atoms with Crippen LogP contribution in [0.1, 0.15) is 25.8 Å². The number of carbonyl (C=O) groups excluding carboxylic acids is 2. The van der Waals surface area contributed by atoms with Crippen molar-refractivity contribution >= 4 is 17.3 Å². The smallest absolute Gasteiger partial charge is 0.313 e. The van der Waals surface area contributed by atoms with E-state index in [0.717, 1.165) is 11.1 Å². The number of hydrogen-bond donors (Lipinski definition) is 0. The van der Waals surface area contributed by atoms with Gasteiger partial charge in [0, 0.05) is 0 Å². The van der Waals surface area contributed by atoms with E-state index in [1.807, 2.05) is 43.3 Å². The normalized spacial score (nSPS) is 11.1. The van der Waals surface area contributed by atoms with E-state index in [2.05, 4.69) is 0 Å². The average Bonchev–Trinajstić information content (AvgIpc) is 2.29. The molecule has 0 saturated heterocycles. The molecular weight excluding hydrogens is 216 g/mol. The molecule has 0 unspecified atom stereocenters. The number of carbonyl (C=O) groups is 2. The van der Waals surface area contributed by atoms with Crippen LogP contribution >= 0.6 is 0 Å². The molecule has 0 aromatic heterocycles.